The van der Waals surface area contributed by atoms with Gasteiger partial charge in [-0.25, -0.2) is 4.79 Å². The van der Waals surface area contributed by atoms with Crippen LogP contribution in [0.15, 0.2) is 60.7 Å². The van der Waals surface area contributed by atoms with Gasteiger partial charge in [0, 0.05) is 13.0 Å². The third-order valence-electron chi connectivity index (χ3n) is 6.42. The summed E-state index contributed by atoms with van der Waals surface area (Å²) in [7, 11) is 1.37. The number of hydrogen-bond acceptors (Lipinski definition) is 8. The monoisotopic (exact) mass is 469 g/mol. The summed E-state index contributed by atoms with van der Waals surface area (Å²) in [5.74, 6) is -1.17. The van der Waals surface area contributed by atoms with Crippen LogP contribution in [-0.4, -0.2) is 60.7 Å². The SMILES string of the molecule is COC(=O)[C@@H]1C[C@H]([C@H]2O[C@@H]3OC(C)(C)O[C@@H]3[C@@H]2OCc2ccccc2)N(Cc2ccccc2)O1. The summed E-state index contributed by atoms with van der Waals surface area (Å²) in [6, 6.07) is 19.7. The third-order valence-corrected chi connectivity index (χ3v) is 6.42. The highest BCUT2D eigenvalue weighted by atomic mass is 16.8. The maximum atomic E-state index is 12.4. The minimum Gasteiger partial charge on any atom is -0.467 e. The van der Waals surface area contributed by atoms with E-state index in [9.17, 15) is 4.79 Å². The molecule has 8 heteroatoms. The molecule has 0 saturated carbocycles. The summed E-state index contributed by atoms with van der Waals surface area (Å²) in [5, 5.41) is 1.81. The standard InChI is InChI=1S/C26H31NO7/c1-26(2)32-23-22(30-16-18-12-8-5-9-13-18)21(31-25(23)33-26)19-14-20(24(28)29-3)34-27(19)15-17-10-6-4-7-11-17/h4-13,19-23,25H,14-16H2,1-3H3/t19-,20+,21-,22-,23-,25-/m1/s1. The molecule has 0 unspecified atom stereocenters. The van der Waals surface area contributed by atoms with Gasteiger partial charge in [-0.15, -0.1) is 0 Å². The Morgan fingerprint density at radius 2 is 1.68 bits per heavy atom. The van der Waals surface area contributed by atoms with E-state index in [0.29, 0.717) is 19.6 Å². The minimum atomic E-state index is -0.765. The normalized spacial score (nSPS) is 32.6. The molecule has 3 saturated heterocycles. The first kappa shape index (κ1) is 23.4. The van der Waals surface area contributed by atoms with Crippen LogP contribution in [0.3, 0.4) is 0 Å². The summed E-state index contributed by atoms with van der Waals surface area (Å²) in [6.07, 6.45) is -2.08. The fraction of sp³-hybridized carbons (Fsp3) is 0.500. The summed E-state index contributed by atoms with van der Waals surface area (Å²) in [4.78, 5) is 18.4. The average Bonchev–Trinajstić information content (AvgIpc) is 3.48. The predicted molar refractivity (Wildman–Crippen MR) is 121 cm³/mol. The van der Waals surface area contributed by atoms with E-state index in [4.69, 9.17) is 28.5 Å². The molecule has 0 N–H and O–H groups in total. The van der Waals surface area contributed by atoms with Crippen LogP contribution in [0.5, 0.6) is 0 Å². The molecular formula is C26H31NO7. The van der Waals surface area contributed by atoms with Gasteiger partial charge in [0.05, 0.1) is 19.8 Å². The van der Waals surface area contributed by atoms with Gasteiger partial charge in [0.25, 0.3) is 0 Å². The van der Waals surface area contributed by atoms with Crippen LogP contribution in [0.1, 0.15) is 31.4 Å². The van der Waals surface area contributed by atoms with Crippen molar-refractivity contribution < 1.29 is 33.3 Å². The Morgan fingerprint density at radius 1 is 1.00 bits per heavy atom. The highest BCUT2D eigenvalue weighted by Gasteiger charge is 2.59. The van der Waals surface area contributed by atoms with E-state index in [0.717, 1.165) is 11.1 Å². The molecule has 5 rings (SSSR count). The molecule has 0 amide bonds. The van der Waals surface area contributed by atoms with Gasteiger partial charge in [-0.3, -0.25) is 4.84 Å². The number of benzene rings is 2. The molecule has 2 aromatic rings. The summed E-state index contributed by atoms with van der Waals surface area (Å²) in [5.41, 5.74) is 2.12. The van der Waals surface area contributed by atoms with Crippen molar-refractivity contribution in [3.63, 3.8) is 0 Å². The Morgan fingerprint density at radius 3 is 2.35 bits per heavy atom. The molecule has 6 atom stereocenters. The van der Waals surface area contributed by atoms with Crippen molar-refractivity contribution >= 4 is 5.97 Å². The van der Waals surface area contributed by atoms with E-state index >= 15 is 0 Å². The van der Waals surface area contributed by atoms with E-state index in [1.807, 2.05) is 79.6 Å². The molecule has 0 aromatic heterocycles. The number of nitrogens with zero attached hydrogens (tertiary/aromatic N) is 1. The second kappa shape index (κ2) is 9.73. The van der Waals surface area contributed by atoms with Gasteiger partial charge in [-0.05, 0) is 25.0 Å². The Kier molecular flexibility index (Phi) is 6.70. The largest absolute Gasteiger partial charge is 0.467 e. The maximum absolute atomic E-state index is 12.4. The lowest BCUT2D eigenvalue weighted by Crippen LogP contribution is -2.47. The fourth-order valence-electron chi connectivity index (χ4n) is 4.88. The molecule has 0 aliphatic carbocycles. The highest BCUT2D eigenvalue weighted by molar-refractivity contribution is 5.74. The first-order valence-corrected chi connectivity index (χ1v) is 11.7. The predicted octanol–water partition coefficient (Wildman–Crippen LogP) is 3.20. The zero-order chi connectivity index (χ0) is 23.7. The number of esters is 1. The number of hydrogen-bond donors (Lipinski definition) is 0. The van der Waals surface area contributed by atoms with Gasteiger partial charge in [-0.2, -0.15) is 5.06 Å². The lowest BCUT2D eigenvalue weighted by Gasteiger charge is -2.32. The topological polar surface area (TPSA) is 75.7 Å². The molecule has 3 fully saturated rings. The molecule has 0 spiro atoms. The molecular weight excluding hydrogens is 438 g/mol. The van der Waals surface area contributed by atoms with E-state index in [1.54, 1.807) is 0 Å². The molecule has 34 heavy (non-hydrogen) atoms. The quantitative estimate of drug-likeness (QED) is 0.573. The minimum absolute atomic E-state index is 0.258. The fourth-order valence-corrected chi connectivity index (χ4v) is 4.88. The van der Waals surface area contributed by atoms with Crippen molar-refractivity contribution in [1.29, 1.82) is 0 Å². The van der Waals surface area contributed by atoms with Gasteiger partial charge in [-0.1, -0.05) is 60.7 Å². The number of carbonyl (C=O) groups is 1. The Balaban J connectivity index is 1.39. The van der Waals surface area contributed by atoms with Crippen molar-refractivity contribution in [1.82, 2.24) is 5.06 Å². The number of fused-ring (bicyclic) bond motifs is 1. The maximum Gasteiger partial charge on any atom is 0.337 e. The molecule has 0 bridgehead atoms. The van der Waals surface area contributed by atoms with E-state index in [-0.39, 0.29) is 12.1 Å². The van der Waals surface area contributed by atoms with Crippen molar-refractivity contribution in [3.8, 4) is 0 Å². The molecule has 8 nitrogen and oxygen atoms in total. The van der Waals surface area contributed by atoms with E-state index in [1.165, 1.54) is 7.11 Å². The number of rotatable bonds is 7. The van der Waals surface area contributed by atoms with Gasteiger partial charge in [0.2, 0.25) is 0 Å². The van der Waals surface area contributed by atoms with Crippen LogP contribution in [0.2, 0.25) is 0 Å². The number of methoxy groups -OCH3 is 1. The van der Waals surface area contributed by atoms with Crippen molar-refractivity contribution in [2.24, 2.45) is 0 Å². The van der Waals surface area contributed by atoms with Crippen LogP contribution < -0.4 is 0 Å². The molecule has 182 valence electrons. The third kappa shape index (κ3) is 4.88. The summed E-state index contributed by atoms with van der Waals surface area (Å²) < 4.78 is 30.0. The summed E-state index contributed by atoms with van der Waals surface area (Å²) in [6.45, 7) is 4.63. The van der Waals surface area contributed by atoms with E-state index in [2.05, 4.69) is 0 Å². The van der Waals surface area contributed by atoms with Crippen molar-refractivity contribution in [2.75, 3.05) is 7.11 Å². The number of carbonyl (C=O) groups excluding carboxylic acids is 1. The zero-order valence-electron chi connectivity index (χ0n) is 19.7. The molecule has 2 aromatic carbocycles. The van der Waals surface area contributed by atoms with Gasteiger partial charge in [0.15, 0.2) is 18.2 Å². The Labute approximate surface area is 199 Å². The molecule has 3 aliphatic rings. The van der Waals surface area contributed by atoms with Crippen molar-refractivity contribution in [2.45, 2.75) is 76.0 Å². The van der Waals surface area contributed by atoms with Crippen LogP contribution >= 0.6 is 0 Å². The van der Waals surface area contributed by atoms with Crippen LogP contribution in [0.25, 0.3) is 0 Å². The first-order chi connectivity index (χ1) is 16.4. The first-order valence-electron chi connectivity index (χ1n) is 11.7. The smallest absolute Gasteiger partial charge is 0.337 e. The second-order valence-electron chi connectivity index (χ2n) is 9.31. The lowest BCUT2D eigenvalue weighted by atomic mass is 9.98. The lowest BCUT2D eigenvalue weighted by molar-refractivity contribution is -0.242. The van der Waals surface area contributed by atoms with Crippen LogP contribution in [0.4, 0.5) is 0 Å². The summed E-state index contributed by atoms with van der Waals surface area (Å²) >= 11 is 0. The Hall–Kier alpha value is -2.33. The second-order valence-corrected chi connectivity index (χ2v) is 9.31. The molecule has 3 aliphatic heterocycles. The number of hydroxylamine groups is 2. The van der Waals surface area contributed by atoms with Gasteiger partial charge < -0.3 is 23.7 Å². The average molecular weight is 470 g/mol. The van der Waals surface area contributed by atoms with Crippen LogP contribution in [-0.2, 0) is 46.5 Å². The van der Waals surface area contributed by atoms with Gasteiger partial charge in [0.1, 0.15) is 18.3 Å². The van der Waals surface area contributed by atoms with Crippen LogP contribution in [0, 0.1) is 0 Å². The van der Waals surface area contributed by atoms with Crippen molar-refractivity contribution in [3.05, 3.63) is 71.8 Å². The molecule has 3 heterocycles. The zero-order valence-corrected chi connectivity index (χ0v) is 19.7. The number of ether oxygens (including phenoxy) is 5. The molecule has 0 radical (unpaired) electrons. The Bertz CT molecular complexity index is 970. The highest BCUT2D eigenvalue weighted by Crippen LogP contribution is 2.43. The van der Waals surface area contributed by atoms with Gasteiger partial charge >= 0.3 is 5.97 Å². The van der Waals surface area contributed by atoms with E-state index < -0.39 is 36.4 Å².